The Hall–Kier alpha value is -1.35. The molecule has 2 fully saturated rings. The molecule has 2 rings (SSSR count). The van der Waals surface area contributed by atoms with Crippen molar-refractivity contribution < 1.29 is 15.0 Å². The second-order valence-corrected chi connectivity index (χ2v) is 10.1. The van der Waals surface area contributed by atoms with Crippen LogP contribution in [-0.2, 0) is 4.79 Å². The van der Waals surface area contributed by atoms with Gasteiger partial charge in [0.15, 0.2) is 0 Å². The summed E-state index contributed by atoms with van der Waals surface area (Å²) in [7, 11) is 0. The number of fused-ring (bicyclic) bond motifs is 1. The van der Waals surface area contributed by atoms with E-state index in [9.17, 15) is 9.90 Å². The van der Waals surface area contributed by atoms with E-state index in [4.69, 9.17) is 5.11 Å². The van der Waals surface area contributed by atoms with Gasteiger partial charge in [-0.3, -0.25) is 0 Å². The summed E-state index contributed by atoms with van der Waals surface area (Å²) in [4.78, 5) is 11.0. The summed E-state index contributed by atoms with van der Waals surface area (Å²) in [5.74, 6) is -0.149. The van der Waals surface area contributed by atoms with Gasteiger partial charge in [0.1, 0.15) is 0 Å². The third-order valence-electron chi connectivity index (χ3n) is 7.70. The van der Waals surface area contributed by atoms with Crippen LogP contribution in [-0.4, -0.2) is 22.3 Å². The van der Waals surface area contributed by atoms with Gasteiger partial charge < -0.3 is 10.2 Å². The fourth-order valence-electron chi connectivity index (χ4n) is 6.18. The molecule has 0 heterocycles. The van der Waals surface area contributed by atoms with Crippen molar-refractivity contribution in [3.8, 4) is 0 Å². The number of allylic oxidation sites excluding steroid dienone is 3. The summed E-state index contributed by atoms with van der Waals surface area (Å²) in [6.07, 6.45) is 11.6. The highest BCUT2D eigenvalue weighted by atomic mass is 16.4. The first-order valence-electron chi connectivity index (χ1n) is 10.9. The van der Waals surface area contributed by atoms with Crippen LogP contribution in [0.2, 0.25) is 0 Å². The van der Waals surface area contributed by atoms with Gasteiger partial charge in [0.2, 0.25) is 0 Å². The number of aliphatic hydroxyl groups excluding tert-OH is 1. The molecular formula is C25H40O3. The van der Waals surface area contributed by atoms with E-state index in [-0.39, 0.29) is 16.7 Å². The van der Waals surface area contributed by atoms with Gasteiger partial charge in [-0.1, -0.05) is 44.1 Å². The van der Waals surface area contributed by atoms with Crippen molar-refractivity contribution in [2.24, 2.45) is 22.7 Å². The molecule has 2 aliphatic carbocycles. The molecule has 158 valence electrons. The lowest BCUT2D eigenvalue weighted by molar-refractivity contribution is -0.131. The topological polar surface area (TPSA) is 57.5 Å². The number of aliphatic hydroxyl groups is 1. The summed E-state index contributed by atoms with van der Waals surface area (Å²) >= 11 is 0. The molecular weight excluding hydrogens is 348 g/mol. The molecule has 3 nitrogen and oxygen atoms in total. The monoisotopic (exact) mass is 388 g/mol. The van der Waals surface area contributed by atoms with E-state index in [1.165, 1.54) is 37.3 Å². The lowest BCUT2D eigenvalue weighted by atomic mass is 9.45. The van der Waals surface area contributed by atoms with Crippen molar-refractivity contribution in [2.75, 3.05) is 0 Å². The van der Waals surface area contributed by atoms with Gasteiger partial charge in [-0.15, -0.1) is 0 Å². The number of hydrogen-bond acceptors (Lipinski definition) is 2. The second-order valence-electron chi connectivity index (χ2n) is 10.1. The molecule has 0 aromatic carbocycles. The molecule has 2 N–H and O–H groups in total. The van der Waals surface area contributed by atoms with Gasteiger partial charge in [-0.2, -0.15) is 0 Å². The maximum atomic E-state index is 11.0. The average Bonchev–Trinajstić information content (AvgIpc) is 2.56. The van der Waals surface area contributed by atoms with Crippen LogP contribution in [0.5, 0.6) is 0 Å². The number of aliphatic carboxylic acids is 1. The normalized spacial score (nSPS) is 36.0. The van der Waals surface area contributed by atoms with Crippen LogP contribution in [0.15, 0.2) is 35.5 Å². The molecule has 0 aliphatic heterocycles. The lowest BCUT2D eigenvalue weighted by Gasteiger charge is -2.60. The summed E-state index contributed by atoms with van der Waals surface area (Å²) in [5.41, 5.74) is 3.61. The van der Waals surface area contributed by atoms with Crippen molar-refractivity contribution in [3.63, 3.8) is 0 Å². The van der Waals surface area contributed by atoms with Gasteiger partial charge in [0, 0.05) is 6.08 Å². The quantitative estimate of drug-likeness (QED) is 0.398. The molecule has 3 heteroatoms. The van der Waals surface area contributed by atoms with Crippen LogP contribution in [0.3, 0.4) is 0 Å². The zero-order chi connectivity index (χ0) is 21.1. The maximum absolute atomic E-state index is 11.0. The fourth-order valence-corrected chi connectivity index (χ4v) is 6.18. The maximum Gasteiger partial charge on any atom is 0.328 e. The van der Waals surface area contributed by atoms with E-state index in [0.29, 0.717) is 5.92 Å². The highest BCUT2D eigenvalue weighted by Crippen LogP contribution is 2.63. The highest BCUT2D eigenvalue weighted by Gasteiger charge is 2.55. The summed E-state index contributed by atoms with van der Waals surface area (Å²) in [5, 5.41) is 19.8. The van der Waals surface area contributed by atoms with Crippen LogP contribution in [0.4, 0.5) is 0 Å². The van der Waals surface area contributed by atoms with E-state index >= 15 is 0 Å². The Kier molecular flexibility index (Phi) is 7.36. The molecule has 2 saturated carbocycles. The van der Waals surface area contributed by atoms with E-state index in [2.05, 4.69) is 40.3 Å². The van der Waals surface area contributed by atoms with E-state index in [0.717, 1.165) is 36.8 Å². The molecule has 0 bridgehead atoms. The first-order valence-corrected chi connectivity index (χ1v) is 10.9. The van der Waals surface area contributed by atoms with E-state index < -0.39 is 12.1 Å². The average molecular weight is 389 g/mol. The first kappa shape index (κ1) is 22.9. The Morgan fingerprint density at radius 2 is 1.93 bits per heavy atom. The molecule has 0 saturated heterocycles. The Morgan fingerprint density at radius 3 is 2.54 bits per heavy atom. The van der Waals surface area contributed by atoms with Crippen LogP contribution < -0.4 is 0 Å². The highest BCUT2D eigenvalue weighted by molar-refractivity contribution is 5.80. The predicted octanol–water partition coefficient (Wildman–Crippen LogP) is 6.29. The molecule has 0 amide bonds. The summed E-state index contributed by atoms with van der Waals surface area (Å²) in [6, 6.07) is 0. The SMILES string of the molecule is C=C1C(O)CC2C(C)(CCC=C(C)C)CCCC2(C)C1CCC(C)=CC(=O)O. The molecule has 28 heavy (non-hydrogen) atoms. The molecule has 2 aliphatic rings. The van der Waals surface area contributed by atoms with Crippen molar-refractivity contribution in [3.05, 3.63) is 35.5 Å². The Bertz CT molecular complexity index is 655. The van der Waals surface area contributed by atoms with Crippen LogP contribution in [0.25, 0.3) is 0 Å². The van der Waals surface area contributed by atoms with Crippen LogP contribution in [0.1, 0.15) is 86.0 Å². The number of hydrogen-bond donors (Lipinski definition) is 2. The van der Waals surface area contributed by atoms with Gasteiger partial charge in [0.05, 0.1) is 6.10 Å². The molecule has 5 atom stereocenters. The van der Waals surface area contributed by atoms with Gasteiger partial charge in [-0.25, -0.2) is 4.79 Å². The summed E-state index contributed by atoms with van der Waals surface area (Å²) < 4.78 is 0. The minimum Gasteiger partial charge on any atom is -0.478 e. The first-order chi connectivity index (χ1) is 13.0. The standard InChI is InChI=1S/C25H40O3/c1-17(2)9-7-12-24(5)13-8-14-25(6)20(11-10-18(3)15-23(27)28)19(4)21(26)16-22(24)25/h9,15,20-22,26H,4,7-8,10-14,16H2,1-3,5-6H3,(H,27,28). The van der Waals surface area contributed by atoms with Crippen LogP contribution >= 0.6 is 0 Å². The molecule has 0 aromatic heterocycles. The molecule has 0 aromatic rings. The largest absolute Gasteiger partial charge is 0.478 e. The number of carbonyl (C=O) groups is 1. The molecule has 0 spiro atoms. The number of carboxylic acids is 1. The predicted molar refractivity (Wildman–Crippen MR) is 116 cm³/mol. The zero-order valence-electron chi connectivity index (χ0n) is 18.6. The van der Waals surface area contributed by atoms with Crippen molar-refractivity contribution in [1.82, 2.24) is 0 Å². The lowest BCUT2D eigenvalue weighted by Crippen LogP contribution is -2.53. The molecule has 0 radical (unpaired) electrons. The zero-order valence-corrected chi connectivity index (χ0v) is 18.6. The summed E-state index contributed by atoms with van der Waals surface area (Å²) in [6.45, 7) is 15.3. The van der Waals surface area contributed by atoms with Crippen molar-refractivity contribution in [2.45, 2.75) is 92.1 Å². The fraction of sp³-hybridized carbons (Fsp3) is 0.720. The third kappa shape index (κ3) is 4.97. The minimum atomic E-state index is -0.881. The van der Waals surface area contributed by atoms with E-state index in [1.807, 2.05) is 6.92 Å². The van der Waals surface area contributed by atoms with Gasteiger partial charge in [0.25, 0.3) is 0 Å². The van der Waals surface area contributed by atoms with Gasteiger partial charge in [-0.05, 0) is 94.0 Å². The minimum absolute atomic E-state index is 0.137. The Labute approximate surface area is 171 Å². The Morgan fingerprint density at radius 1 is 1.25 bits per heavy atom. The smallest absolute Gasteiger partial charge is 0.328 e. The molecule has 5 unspecified atom stereocenters. The van der Waals surface area contributed by atoms with E-state index in [1.54, 1.807) is 0 Å². The third-order valence-corrected chi connectivity index (χ3v) is 7.70. The number of rotatable bonds is 7. The Balaban J connectivity index is 2.26. The van der Waals surface area contributed by atoms with Crippen molar-refractivity contribution in [1.29, 1.82) is 0 Å². The van der Waals surface area contributed by atoms with Crippen molar-refractivity contribution >= 4 is 5.97 Å². The second kappa shape index (κ2) is 8.98. The van der Waals surface area contributed by atoms with Crippen LogP contribution in [0, 0.1) is 22.7 Å². The van der Waals surface area contributed by atoms with Gasteiger partial charge >= 0.3 is 5.97 Å². The number of carboxylic acid groups (broad SMARTS) is 1.